The number of thioether (sulfide) groups is 1. The number of benzene rings is 2. The Hall–Kier alpha value is -3.04. The molecular formula is C20H19ClN4O4S. The van der Waals surface area contributed by atoms with Gasteiger partial charge in [-0.1, -0.05) is 23.4 Å². The van der Waals surface area contributed by atoms with Crippen molar-refractivity contribution in [2.24, 2.45) is 0 Å². The highest BCUT2D eigenvalue weighted by Gasteiger charge is 2.11. The van der Waals surface area contributed by atoms with Crippen LogP contribution in [-0.4, -0.2) is 48.0 Å². The van der Waals surface area contributed by atoms with Gasteiger partial charge in [0.15, 0.2) is 0 Å². The van der Waals surface area contributed by atoms with Crippen molar-refractivity contribution in [1.29, 1.82) is 0 Å². The van der Waals surface area contributed by atoms with Gasteiger partial charge in [0.05, 0.1) is 12.9 Å². The summed E-state index contributed by atoms with van der Waals surface area (Å²) in [6.45, 7) is 0.615. The second kappa shape index (κ2) is 10.7. The van der Waals surface area contributed by atoms with Gasteiger partial charge in [-0.3, -0.25) is 9.59 Å². The number of halogens is 1. The van der Waals surface area contributed by atoms with Crippen LogP contribution < -0.4 is 15.4 Å². The highest BCUT2D eigenvalue weighted by atomic mass is 35.5. The Morgan fingerprint density at radius 1 is 1.03 bits per heavy atom. The number of ether oxygens (including phenoxy) is 1. The van der Waals surface area contributed by atoms with E-state index >= 15 is 0 Å². The Bertz CT molecular complexity index is 993. The SMILES string of the molecule is COc1ccc(C(=O)NCCNC(=O)CSc2nnc(-c3ccc(Cl)cc3)o2)cc1. The van der Waals surface area contributed by atoms with Crippen molar-refractivity contribution in [3.05, 3.63) is 59.1 Å². The molecule has 0 unspecified atom stereocenters. The van der Waals surface area contributed by atoms with Crippen molar-refractivity contribution in [2.45, 2.75) is 5.22 Å². The number of carbonyl (C=O) groups excluding carboxylic acids is 2. The summed E-state index contributed by atoms with van der Waals surface area (Å²) in [6, 6.07) is 13.8. The molecule has 0 spiro atoms. The first-order valence-corrected chi connectivity index (χ1v) is 10.3. The molecule has 2 amide bonds. The van der Waals surface area contributed by atoms with Crippen LogP contribution in [0.15, 0.2) is 58.2 Å². The lowest BCUT2D eigenvalue weighted by molar-refractivity contribution is -0.118. The molecule has 0 aliphatic carbocycles. The molecule has 30 heavy (non-hydrogen) atoms. The van der Waals surface area contributed by atoms with Gasteiger partial charge in [-0.15, -0.1) is 10.2 Å². The van der Waals surface area contributed by atoms with Crippen LogP contribution in [0.25, 0.3) is 11.5 Å². The Balaban J connectivity index is 1.36. The van der Waals surface area contributed by atoms with Crippen molar-refractivity contribution < 1.29 is 18.7 Å². The minimum atomic E-state index is -0.220. The van der Waals surface area contributed by atoms with Crippen LogP contribution in [0.5, 0.6) is 5.75 Å². The van der Waals surface area contributed by atoms with E-state index in [1.54, 1.807) is 55.6 Å². The molecule has 0 saturated carbocycles. The predicted molar refractivity (Wildman–Crippen MR) is 114 cm³/mol. The molecule has 10 heteroatoms. The lowest BCUT2D eigenvalue weighted by Crippen LogP contribution is -2.35. The summed E-state index contributed by atoms with van der Waals surface area (Å²) in [7, 11) is 1.56. The van der Waals surface area contributed by atoms with Crippen molar-refractivity contribution >= 4 is 35.2 Å². The van der Waals surface area contributed by atoms with E-state index in [2.05, 4.69) is 20.8 Å². The fraction of sp³-hybridized carbons (Fsp3) is 0.200. The van der Waals surface area contributed by atoms with Gasteiger partial charge in [0.1, 0.15) is 5.75 Å². The topological polar surface area (TPSA) is 106 Å². The summed E-state index contributed by atoms with van der Waals surface area (Å²) in [5, 5.41) is 14.3. The number of amides is 2. The molecule has 156 valence electrons. The monoisotopic (exact) mass is 446 g/mol. The maximum Gasteiger partial charge on any atom is 0.277 e. The fourth-order valence-electron chi connectivity index (χ4n) is 2.38. The minimum Gasteiger partial charge on any atom is -0.497 e. The second-order valence-electron chi connectivity index (χ2n) is 6.00. The van der Waals surface area contributed by atoms with E-state index in [1.165, 1.54) is 0 Å². The number of aromatic nitrogens is 2. The van der Waals surface area contributed by atoms with Gasteiger partial charge in [-0.25, -0.2) is 0 Å². The van der Waals surface area contributed by atoms with Crippen LogP contribution in [0.2, 0.25) is 5.02 Å². The molecule has 0 aliphatic heterocycles. The van der Waals surface area contributed by atoms with E-state index in [9.17, 15) is 9.59 Å². The molecule has 2 N–H and O–H groups in total. The normalized spacial score (nSPS) is 10.5. The van der Waals surface area contributed by atoms with Crippen molar-refractivity contribution in [3.8, 4) is 17.2 Å². The third-order valence-corrected chi connectivity index (χ3v) is 4.98. The minimum absolute atomic E-state index is 0.120. The van der Waals surface area contributed by atoms with Crippen LogP contribution in [0, 0.1) is 0 Å². The third kappa shape index (κ3) is 6.23. The first-order valence-electron chi connectivity index (χ1n) is 8.96. The molecule has 0 bridgehead atoms. The zero-order chi connectivity index (χ0) is 21.3. The van der Waals surface area contributed by atoms with Gasteiger partial charge in [-0.2, -0.15) is 0 Å². The van der Waals surface area contributed by atoms with Crippen LogP contribution in [0.3, 0.4) is 0 Å². The van der Waals surface area contributed by atoms with E-state index in [0.717, 1.165) is 17.3 Å². The van der Waals surface area contributed by atoms with Gasteiger partial charge in [0, 0.05) is 29.2 Å². The van der Waals surface area contributed by atoms with Gasteiger partial charge in [0.2, 0.25) is 11.8 Å². The first kappa shape index (κ1) is 21.7. The van der Waals surface area contributed by atoms with Crippen LogP contribution >= 0.6 is 23.4 Å². The lowest BCUT2D eigenvalue weighted by atomic mass is 10.2. The summed E-state index contributed by atoms with van der Waals surface area (Å²) in [6.07, 6.45) is 0. The zero-order valence-electron chi connectivity index (χ0n) is 16.1. The number of nitrogens with zero attached hydrogens (tertiary/aromatic N) is 2. The third-order valence-electron chi connectivity index (χ3n) is 3.91. The molecule has 8 nitrogen and oxygen atoms in total. The molecule has 3 rings (SSSR count). The lowest BCUT2D eigenvalue weighted by Gasteiger charge is -2.07. The molecule has 1 heterocycles. The van der Waals surface area contributed by atoms with Gasteiger partial charge in [0.25, 0.3) is 11.1 Å². The quantitative estimate of drug-likeness (QED) is 0.384. The first-order chi connectivity index (χ1) is 14.5. The number of hydrogen-bond donors (Lipinski definition) is 2. The van der Waals surface area contributed by atoms with E-state index in [4.69, 9.17) is 20.8 Å². The zero-order valence-corrected chi connectivity index (χ0v) is 17.6. The number of nitrogens with one attached hydrogen (secondary N) is 2. The number of hydrogen-bond acceptors (Lipinski definition) is 7. The van der Waals surface area contributed by atoms with E-state index in [-0.39, 0.29) is 17.6 Å². The molecule has 0 radical (unpaired) electrons. The van der Waals surface area contributed by atoms with Gasteiger partial charge >= 0.3 is 0 Å². The highest BCUT2D eigenvalue weighted by Crippen LogP contribution is 2.24. The molecule has 0 aliphatic rings. The Kier molecular flexibility index (Phi) is 7.69. The maximum absolute atomic E-state index is 12.0. The van der Waals surface area contributed by atoms with Crippen molar-refractivity contribution in [1.82, 2.24) is 20.8 Å². The molecular weight excluding hydrogens is 428 g/mol. The number of carbonyl (C=O) groups is 2. The number of rotatable bonds is 9. The summed E-state index contributed by atoms with van der Waals surface area (Å²) >= 11 is 6.99. The van der Waals surface area contributed by atoms with Crippen LogP contribution in [-0.2, 0) is 4.79 Å². The molecule has 1 aromatic heterocycles. The standard InChI is InChI=1S/C20H19ClN4O4S/c1-28-16-8-4-13(5-9-16)18(27)23-11-10-22-17(26)12-30-20-25-24-19(29-20)14-2-6-15(21)7-3-14/h2-9H,10-12H2,1H3,(H,22,26)(H,23,27). The molecule has 3 aromatic rings. The Morgan fingerprint density at radius 3 is 2.43 bits per heavy atom. The van der Waals surface area contributed by atoms with Crippen molar-refractivity contribution in [3.63, 3.8) is 0 Å². The summed E-state index contributed by atoms with van der Waals surface area (Å²) in [4.78, 5) is 24.0. The summed E-state index contributed by atoms with van der Waals surface area (Å²) in [5.74, 6) is 0.731. The number of methoxy groups -OCH3 is 1. The Labute approximate surface area is 182 Å². The van der Waals surface area contributed by atoms with Crippen LogP contribution in [0.4, 0.5) is 0 Å². The average Bonchev–Trinajstić information content (AvgIpc) is 3.25. The summed E-state index contributed by atoms with van der Waals surface area (Å²) in [5.41, 5.74) is 1.27. The smallest absolute Gasteiger partial charge is 0.277 e. The fourth-order valence-corrected chi connectivity index (χ4v) is 3.10. The van der Waals surface area contributed by atoms with Gasteiger partial charge < -0.3 is 19.8 Å². The van der Waals surface area contributed by atoms with E-state index in [1.807, 2.05) is 0 Å². The molecule has 0 atom stereocenters. The Morgan fingerprint density at radius 2 is 1.73 bits per heavy atom. The maximum atomic E-state index is 12.0. The predicted octanol–water partition coefficient (Wildman–Crippen LogP) is 3.04. The second-order valence-corrected chi connectivity index (χ2v) is 7.37. The molecule has 2 aromatic carbocycles. The summed E-state index contributed by atoms with van der Waals surface area (Å²) < 4.78 is 10.6. The molecule has 0 fully saturated rings. The highest BCUT2D eigenvalue weighted by molar-refractivity contribution is 7.99. The van der Waals surface area contributed by atoms with Crippen molar-refractivity contribution in [2.75, 3.05) is 26.0 Å². The van der Waals surface area contributed by atoms with E-state index < -0.39 is 0 Å². The average molecular weight is 447 g/mol. The molecule has 0 saturated heterocycles. The van der Waals surface area contributed by atoms with Gasteiger partial charge in [-0.05, 0) is 48.5 Å². The van der Waals surface area contributed by atoms with Crippen LogP contribution in [0.1, 0.15) is 10.4 Å². The van der Waals surface area contributed by atoms with E-state index in [0.29, 0.717) is 40.5 Å². The largest absolute Gasteiger partial charge is 0.497 e.